The van der Waals surface area contributed by atoms with Crippen molar-refractivity contribution < 1.29 is 23.8 Å². The molecule has 0 fully saturated rings. The van der Waals surface area contributed by atoms with E-state index < -0.39 is 11.9 Å². The lowest BCUT2D eigenvalue weighted by Crippen LogP contribution is -2.11. The molecule has 2 aromatic rings. The van der Waals surface area contributed by atoms with Gasteiger partial charge in [-0.3, -0.25) is 0 Å². The number of ether oxygens (including phenoxy) is 3. The smallest absolute Gasteiger partial charge is 0.338 e. The third-order valence-corrected chi connectivity index (χ3v) is 3.74. The summed E-state index contributed by atoms with van der Waals surface area (Å²) in [5, 5.41) is 0. The first kappa shape index (κ1) is 21.0. The van der Waals surface area contributed by atoms with Gasteiger partial charge in [0.05, 0.1) is 24.3 Å². The average Bonchev–Trinajstić information content (AvgIpc) is 2.73. The summed E-state index contributed by atoms with van der Waals surface area (Å²) in [5.41, 5.74) is 1.42. The zero-order chi connectivity index (χ0) is 20.2. The average molecular weight is 380 g/mol. The first-order valence-corrected chi connectivity index (χ1v) is 9.02. The molecule has 0 bridgehead atoms. The fourth-order valence-corrected chi connectivity index (χ4v) is 2.30. The standard InChI is InChI=1S/C23H24O5/c1-3-5-12-26-22(24)19-14-20(23(25)27-13-6-4-2)16-21(15-19)28-17-18-10-8-7-9-11-18/h3-4,7-11,14-16H,1-2,5-6,12-13,17H2. The Hall–Kier alpha value is -3.34. The maximum Gasteiger partial charge on any atom is 0.338 e. The SMILES string of the molecule is C=CCCOC(=O)c1cc(OCc2ccccc2)cc(C(=O)OCCC=C)c1. The largest absolute Gasteiger partial charge is 0.489 e. The summed E-state index contributed by atoms with van der Waals surface area (Å²) in [6, 6.07) is 14.2. The van der Waals surface area contributed by atoms with E-state index in [1.54, 1.807) is 24.3 Å². The Bertz CT molecular complexity index is 767. The number of carbonyl (C=O) groups excluding carboxylic acids is 2. The van der Waals surface area contributed by atoms with Crippen molar-refractivity contribution in [2.24, 2.45) is 0 Å². The van der Waals surface area contributed by atoms with Crippen LogP contribution in [-0.2, 0) is 16.1 Å². The Morgan fingerprint density at radius 1 is 0.821 bits per heavy atom. The van der Waals surface area contributed by atoms with Gasteiger partial charge in [0.25, 0.3) is 0 Å². The summed E-state index contributed by atoms with van der Waals surface area (Å²) in [6.07, 6.45) is 4.42. The molecule has 0 atom stereocenters. The minimum Gasteiger partial charge on any atom is -0.489 e. The lowest BCUT2D eigenvalue weighted by Gasteiger charge is -2.11. The lowest BCUT2D eigenvalue weighted by atomic mass is 10.1. The maximum atomic E-state index is 12.3. The second kappa shape index (κ2) is 11.4. The zero-order valence-electron chi connectivity index (χ0n) is 15.8. The first-order valence-electron chi connectivity index (χ1n) is 9.02. The summed E-state index contributed by atoms with van der Waals surface area (Å²) in [4.78, 5) is 24.6. The van der Waals surface area contributed by atoms with Crippen LogP contribution in [0, 0.1) is 0 Å². The van der Waals surface area contributed by atoms with Gasteiger partial charge < -0.3 is 14.2 Å². The van der Waals surface area contributed by atoms with Gasteiger partial charge in [0.15, 0.2) is 0 Å². The normalized spacial score (nSPS) is 10.0. The van der Waals surface area contributed by atoms with Crippen molar-refractivity contribution in [3.05, 3.63) is 90.5 Å². The molecule has 0 saturated heterocycles. The quantitative estimate of drug-likeness (QED) is 0.320. The van der Waals surface area contributed by atoms with E-state index in [4.69, 9.17) is 14.2 Å². The summed E-state index contributed by atoms with van der Waals surface area (Å²) >= 11 is 0. The van der Waals surface area contributed by atoms with E-state index in [2.05, 4.69) is 13.2 Å². The Balaban J connectivity index is 2.18. The van der Waals surface area contributed by atoms with Crippen LogP contribution in [-0.4, -0.2) is 25.2 Å². The molecule has 0 radical (unpaired) electrons. The molecule has 0 amide bonds. The highest BCUT2D eigenvalue weighted by Crippen LogP contribution is 2.21. The van der Waals surface area contributed by atoms with Gasteiger partial charge in [-0.05, 0) is 36.6 Å². The van der Waals surface area contributed by atoms with E-state index in [-0.39, 0.29) is 24.3 Å². The molecule has 0 saturated carbocycles. The van der Waals surface area contributed by atoms with Crippen molar-refractivity contribution in [1.82, 2.24) is 0 Å². The topological polar surface area (TPSA) is 61.8 Å². The molecule has 0 aliphatic rings. The Kier molecular flexibility index (Phi) is 8.53. The fraction of sp³-hybridized carbons (Fsp3) is 0.217. The molecule has 146 valence electrons. The molecule has 28 heavy (non-hydrogen) atoms. The van der Waals surface area contributed by atoms with Gasteiger partial charge in [-0.1, -0.05) is 42.5 Å². The van der Waals surface area contributed by atoms with Gasteiger partial charge in [0, 0.05) is 0 Å². The van der Waals surface area contributed by atoms with E-state index in [0.717, 1.165) is 5.56 Å². The third-order valence-electron chi connectivity index (χ3n) is 3.74. The molecule has 2 aromatic carbocycles. The minimum atomic E-state index is -0.535. The highest BCUT2D eigenvalue weighted by Gasteiger charge is 2.16. The van der Waals surface area contributed by atoms with E-state index in [0.29, 0.717) is 25.2 Å². The predicted octanol–water partition coefficient (Wildman–Crippen LogP) is 4.73. The lowest BCUT2D eigenvalue weighted by molar-refractivity contribution is 0.0509. The molecule has 0 aliphatic heterocycles. The van der Waals surface area contributed by atoms with Crippen LogP contribution in [0.2, 0.25) is 0 Å². The Morgan fingerprint density at radius 3 is 1.86 bits per heavy atom. The molecule has 0 spiro atoms. The highest BCUT2D eigenvalue weighted by molar-refractivity contribution is 5.96. The number of benzene rings is 2. The van der Waals surface area contributed by atoms with E-state index in [1.807, 2.05) is 30.3 Å². The fourth-order valence-electron chi connectivity index (χ4n) is 2.30. The van der Waals surface area contributed by atoms with Gasteiger partial charge in [0.1, 0.15) is 12.4 Å². The first-order chi connectivity index (χ1) is 13.6. The molecule has 0 unspecified atom stereocenters. The van der Waals surface area contributed by atoms with E-state index in [9.17, 15) is 9.59 Å². The van der Waals surface area contributed by atoms with Crippen molar-refractivity contribution in [2.45, 2.75) is 19.4 Å². The monoisotopic (exact) mass is 380 g/mol. The van der Waals surface area contributed by atoms with Gasteiger partial charge in [-0.2, -0.15) is 0 Å². The summed E-state index contributed by atoms with van der Waals surface area (Å²) in [5.74, 6) is -0.683. The molecule has 0 heterocycles. The van der Waals surface area contributed by atoms with Crippen LogP contribution in [0.1, 0.15) is 39.1 Å². The number of hydrogen-bond acceptors (Lipinski definition) is 5. The van der Waals surface area contributed by atoms with Crippen LogP contribution in [0.15, 0.2) is 73.8 Å². The van der Waals surface area contributed by atoms with Crippen LogP contribution in [0.3, 0.4) is 0 Å². The molecule has 0 N–H and O–H groups in total. The van der Waals surface area contributed by atoms with Crippen LogP contribution >= 0.6 is 0 Å². The van der Waals surface area contributed by atoms with Gasteiger partial charge in [-0.15, -0.1) is 13.2 Å². The summed E-state index contributed by atoms with van der Waals surface area (Å²) in [6.45, 7) is 7.93. The van der Waals surface area contributed by atoms with Gasteiger partial charge in [0.2, 0.25) is 0 Å². The molecule has 5 nitrogen and oxygen atoms in total. The van der Waals surface area contributed by atoms with Crippen molar-refractivity contribution in [1.29, 1.82) is 0 Å². The molecular formula is C23H24O5. The molecule has 5 heteroatoms. The van der Waals surface area contributed by atoms with Crippen molar-refractivity contribution in [3.8, 4) is 5.75 Å². The third kappa shape index (κ3) is 6.76. The van der Waals surface area contributed by atoms with Gasteiger partial charge >= 0.3 is 11.9 Å². The number of rotatable bonds is 11. The number of hydrogen-bond donors (Lipinski definition) is 0. The molecule has 2 rings (SSSR count). The molecule has 0 aliphatic carbocycles. The van der Waals surface area contributed by atoms with Crippen LogP contribution in [0.5, 0.6) is 5.75 Å². The van der Waals surface area contributed by atoms with Crippen molar-refractivity contribution in [2.75, 3.05) is 13.2 Å². The second-order valence-electron chi connectivity index (χ2n) is 5.95. The maximum absolute atomic E-state index is 12.3. The number of esters is 2. The van der Waals surface area contributed by atoms with Crippen LogP contribution < -0.4 is 4.74 Å². The molecular weight excluding hydrogens is 356 g/mol. The van der Waals surface area contributed by atoms with Crippen molar-refractivity contribution >= 4 is 11.9 Å². The zero-order valence-corrected chi connectivity index (χ0v) is 15.8. The second-order valence-corrected chi connectivity index (χ2v) is 5.95. The Labute approximate surface area is 165 Å². The minimum absolute atomic E-state index is 0.219. The summed E-state index contributed by atoms with van der Waals surface area (Å²) in [7, 11) is 0. The predicted molar refractivity (Wildman–Crippen MR) is 107 cm³/mol. The molecule has 0 aromatic heterocycles. The van der Waals surface area contributed by atoms with Crippen molar-refractivity contribution in [3.63, 3.8) is 0 Å². The highest BCUT2D eigenvalue weighted by atomic mass is 16.5. The van der Waals surface area contributed by atoms with Crippen LogP contribution in [0.25, 0.3) is 0 Å². The van der Waals surface area contributed by atoms with E-state index >= 15 is 0 Å². The summed E-state index contributed by atoms with van der Waals surface area (Å²) < 4.78 is 16.2. The van der Waals surface area contributed by atoms with Gasteiger partial charge in [-0.25, -0.2) is 9.59 Å². The van der Waals surface area contributed by atoms with E-state index in [1.165, 1.54) is 6.07 Å². The van der Waals surface area contributed by atoms with Crippen LogP contribution in [0.4, 0.5) is 0 Å². The number of carbonyl (C=O) groups is 2. The Morgan fingerprint density at radius 2 is 1.36 bits per heavy atom.